The fraction of sp³-hybridized carbons (Fsp3) is 0.318. The van der Waals surface area contributed by atoms with Crippen LogP contribution in [0.4, 0.5) is 32.0 Å². The van der Waals surface area contributed by atoms with E-state index >= 15 is 0 Å². The number of benzene rings is 1. The van der Waals surface area contributed by atoms with Crippen molar-refractivity contribution in [1.82, 2.24) is 15.5 Å². The predicted octanol–water partition coefficient (Wildman–Crippen LogP) is 4.52. The van der Waals surface area contributed by atoms with Crippen LogP contribution in [0.3, 0.4) is 0 Å². The topological polar surface area (TPSA) is 51.7 Å². The van der Waals surface area contributed by atoms with Gasteiger partial charge in [-0.1, -0.05) is 12.2 Å². The molecule has 11 heteroatoms. The quantitative estimate of drug-likeness (QED) is 0.558. The predicted molar refractivity (Wildman–Crippen MR) is 113 cm³/mol. The Labute approximate surface area is 186 Å². The van der Waals surface area contributed by atoms with Gasteiger partial charge in [0.1, 0.15) is 18.2 Å². The SMILES string of the molecule is CC1N=C(Nc2ccc(C(F)(F)F)cc2)C2=CC=C(C3NC=CC=C3C(F)(F)F)NC2N1C. The molecule has 0 saturated heterocycles. The van der Waals surface area contributed by atoms with Gasteiger partial charge < -0.3 is 16.0 Å². The number of allylic oxidation sites excluding steroid dienone is 4. The van der Waals surface area contributed by atoms with Crippen LogP contribution in [-0.4, -0.2) is 42.3 Å². The minimum absolute atomic E-state index is 0.339. The zero-order chi connectivity index (χ0) is 24.0. The van der Waals surface area contributed by atoms with E-state index in [0.717, 1.165) is 18.2 Å². The van der Waals surface area contributed by atoms with Crippen molar-refractivity contribution in [1.29, 1.82) is 0 Å². The summed E-state index contributed by atoms with van der Waals surface area (Å²) < 4.78 is 79.0. The Hall–Kier alpha value is -3.21. The molecule has 1 aromatic rings. The summed E-state index contributed by atoms with van der Waals surface area (Å²) in [6.07, 6.45) is -2.76. The van der Waals surface area contributed by atoms with Crippen molar-refractivity contribution in [3.63, 3.8) is 0 Å². The van der Waals surface area contributed by atoms with E-state index in [0.29, 0.717) is 22.8 Å². The molecule has 1 aromatic carbocycles. The number of aliphatic imine (C=N–C) groups is 1. The highest BCUT2D eigenvalue weighted by Gasteiger charge is 2.42. The van der Waals surface area contributed by atoms with Gasteiger partial charge in [-0.05, 0) is 56.6 Å². The molecule has 33 heavy (non-hydrogen) atoms. The third-order valence-electron chi connectivity index (χ3n) is 5.69. The van der Waals surface area contributed by atoms with Crippen LogP contribution in [-0.2, 0) is 6.18 Å². The van der Waals surface area contributed by atoms with E-state index in [1.165, 1.54) is 24.4 Å². The van der Waals surface area contributed by atoms with Crippen LogP contribution in [0.1, 0.15) is 12.5 Å². The molecule has 0 aromatic heterocycles. The van der Waals surface area contributed by atoms with Crippen molar-refractivity contribution in [3.8, 4) is 0 Å². The van der Waals surface area contributed by atoms with Crippen LogP contribution in [0.5, 0.6) is 0 Å². The molecule has 0 fully saturated rings. The number of amidine groups is 1. The number of nitrogens with zero attached hydrogens (tertiary/aromatic N) is 2. The molecule has 3 aliphatic heterocycles. The molecule has 0 bridgehead atoms. The van der Waals surface area contributed by atoms with E-state index in [4.69, 9.17) is 0 Å². The number of fused-ring (bicyclic) bond motifs is 1. The lowest BCUT2D eigenvalue weighted by Gasteiger charge is -2.42. The summed E-state index contributed by atoms with van der Waals surface area (Å²) in [5.41, 5.74) is -0.0777. The average Bonchev–Trinajstić information content (AvgIpc) is 2.76. The molecule has 0 radical (unpaired) electrons. The summed E-state index contributed by atoms with van der Waals surface area (Å²) in [6.45, 7) is 1.81. The Kier molecular flexibility index (Phi) is 5.77. The van der Waals surface area contributed by atoms with Gasteiger partial charge in [0.05, 0.1) is 17.2 Å². The summed E-state index contributed by atoms with van der Waals surface area (Å²) in [7, 11) is 1.78. The van der Waals surface area contributed by atoms with Crippen LogP contribution in [0.2, 0.25) is 0 Å². The van der Waals surface area contributed by atoms with Crippen LogP contribution >= 0.6 is 0 Å². The first-order valence-electron chi connectivity index (χ1n) is 10.1. The number of halogens is 6. The van der Waals surface area contributed by atoms with E-state index in [1.54, 1.807) is 19.2 Å². The van der Waals surface area contributed by atoms with Crippen molar-refractivity contribution in [3.05, 3.63) is 77.2 Å². The summed E-state index contributed by atoms with van der Waals surface area (Å²) in [4.78, 5) is 6.41. The van der Waals surface area contributed by atoms with Crippen LogP contribution < -0.4 is 16.0 Å². The summed E-state index contributed by atoms with van der Waals surface area (Å²) >= 11 is 0. The minimum Gasteiger partial charge on any atom is -0.379 e. The Morgan fingerprint density at radius 2 is 1.67 bits per heavy atom. The van der Waals surface area contributed by atoms with E-state index in [9.17, 15) is 26.3 Å². The zero-order valence-electron chi connectivity index (χ0n) is 17.6. The van der Waals surface area contributed by atoms with Crippen LogP contribution in [0.25, 0.3) is 0 Å². The normalized spacial score (nSPS) is 25.6. The van der Waals surface area contributed by atoms with Gasteiger partial charge in [0.25, 0.3) is 0 Å². The Morgan fingerprint density at radius 3 is 2.30 bits per heavy atom. The highest BCUT2D eigenvalue weighted by molar-refractivity contribution is 6.09. The van der Waals surface area contributed by atoms with Crippen molar-refractivity contribution in [2.75, 3.05) is 12.4 Å². The number of alkyl halides is 6. The van der Waals surface area contributed by atoms with E-state index in [1.807, 2.05) is 11.8 Å². The molecule has 3 atom stereocenters. The summed E-state index contributed by atoms with van der Waals surface area (Å²) in [6, 6.07) is 3.46. The molecule has 3 heterocycles. The lowest BCUT2D eigenvalue weighted by atomic mass is 9.95. The third-order valence-corrected chi connectivity index (χ3v) is 5.69. The second-order valence-corrected chi connectivity index (χ2v) is 7.84. The van der Waals surface area contributed by atoms with Gasteiger partial charge in [-0.2, -0.15) is 26.3 Å². The number of dihydropyridines is 2. The summed E-state index contributed by atoms with van der Waals surface area (Å²) in [5, 5.41) is 8.95. The molecule has 5 nitrogen and oxygen atoms in total. The van der Waals surface area contributed by atoms with E-state index in [2.05, 4.69) is 20.9 Å². The molecule has 3 unspecified atom stereocenters. The van der Waals surface area contributed by atoms with Crippen molar-refractivity contribution < 1.29 is 26.3 Å². The van der Waals surface area contributed by atoms with Gasteiger partial charge in [0, 0.05) is 17.0 Å². The highest BCUT2D eigenvalue weighted by atomic mass is 19.4. The molecule has 0 aliphatic carbocycles. The number of hydrogen-bond acceptors (Lipinski definition) is 5. The van der Waals surface area contributed by atoms with Gasteiger partial charge in [-0.15, -0.1) is 0 Å². The molecule has 3 aliphatic rings. The Morgan fingerprint density at radius 1 is 0.970 bits per heavy atom. The highest BCUT2D eigenvalue weighted by Crippen LogP contribution is 2.34. The number of rotatable bonds is 2. The number of nitrogens with one attached hydrogen (secondary N) is 3. The lowest BCUT2D eigenvalue weighted by Crippen LogP contribution is -2.56. The molecule has 0 saturated carbocycles. The molecule has 4 rings (SSSR count). The Balaban J connectivity index is 1.62. The third kappa shape index (κ3) is 4.63. The zero-order valence-corrected chi connectivity index (χ0v) is 17.6. The molecule has 176 valence electrons. The molecular weight excluding hydrogens is 448 g/mol. The first-order chi connectivity index (χ1) is 15.4. The Bertz CT molecular complexity index is 1060. The number of likely N-dealkylation sites (N-methyl/N-ethyl adjacent to an activating group) is 1. The lowest BCUT2D eigenvalue weighted by molar-refractivity contribution is -0.137. The van der Waals surface area contributed by atoms with Crippen LogP contribution in [0, 0.1) is 0 Å². The van der Waals surface area contributed by atoms with Gasteiger partial charge in [-0.3, -0.25) is 4.90 Å². The van der Waals surface area contributed by atoms with Gasteiger partial charge in [-0.25, -0.2) is 4.99 Å². The van der Waals surface area contributed by atoms with E-state index < -0.39 is 35.7 Å². The van der Waals surface area contributed by atoms with Crippen LogP contribution in [0.15, 0.2) is 76.6 Å². The summed E-state index contributed by atoms with van der Waals surface area (Å²) in [5.74, 6) is 0.427. The first kappa shape index (κ1) is 23.0. The molecule has 3 N–H and O–H groups in total. The maximum absolute atomic E-state index is 13.5. The number of anilines is 1. The van der Waals surface area contributed by atoms with Gasteiger partial charge in [0.15, 0.2) is 0 Å². The fourth-order valence-corrected chi connectivity index (χ4v) is 3.82. The largest absolute Gasteiger partial charge is 0.416 e. The smallest absolute Gasteiger partial charge is 0.379 e. The standard InChI is InChI=1S/C22H21F6N5/c1-12-30-19(31-14-7-5-13(6-8-14)21(23,24)25)15-9-10-17(32-20(15)33(12)2)18-16(22(26,27)28)4-3-11-29-18/h3-12,18,20,29,32H,1-2H3,(H,30,31). The van der Waals surface area contributed by atoms with Gasteiger partial charge >= 0.3 is 12.4 Å². The minimum atomic E-state index is -4.50. The van der Waals surface area contributed by atoms with Gasteiger partial charge in [0.2, 0.25) is 0 Å². The second-order valence-electron chi connectivity index (χ2n) is 7.84. The van der Waals surface area contributed by atoms with Crippen molar-refractivity contribution in [2.45, 2.75) is 37.6 Å². The fourth-order valence-electron chi connectivity index (χ4n) is 3.82. The molecular formula is C22H21F6N5. The molecule has 0 amide bonds. The average molecular weight is 469 g/mol. The van der Waals surface area contributed by atoms with Crippen molar-refractivity contribution in [2.24, 2.45) is 4.99 Å². The first-order valence-corrected chi connectivity index (χ1v) is 10.1. The molecule has 0 spiro atoms. The maximum Gasteiger partial charge on any atom is 0.416 e. The maximum atomic E-state index is 13.5. The monoisotopic (exact) mass is 469 g/mol. The number of hydrogen-bond donors (Lipinski definition) is 3. The van der Waals surface area contributed by atoms with Crippen molar-refractivity contribution >= 4 is 11.5 Å². The second kappa shape index (κ2) is 8.29. The van der Waals surface area contributed by atoms with E-state index in [-0.39, 0.29) is 6.17 Å².